The lowest BCUT2D eigenvalue weighted by molar-refractivity contribution is 1.43. The van der Waals surface area contributed by atoms with Gasteiger partial charge in [0.05, 0.1) is 46.2 Å². The van der Waals surface area contributed by atoms with Gasteiger partial charge in [0.15, 0.2) is 0 Å². The molecule has 0 aliphatic carbocycles. The van der Waals surface area contributed by atoms with Gasteiger partial charge >= 0.3 is 0 Å². The maximum atomic E-state index is 4.67. The molecule has 0 saturated heterocycles. The van der Waals surface area contributed by atoms with E-state index in [9.17, 15) is 0 Å². The van der Waals surface area contributed by atoms with E-state index in [0.29, 0.717) is 0 Å². The summed E-state index contributed by atoms with van der Waals surface area (Å²) in [6.07, 6.45) is 0. The zero-order valence-corrected chi connectivity index (χ0v) is 25.1. The highest BCUT2D eigenvalue weighted by Crippen LogP contribution is 2.54. The van der Waals surface area contributed by atoms with Gasteiger partial charge in [-0.15, -0.1) is 22.7 Å². The van der Waals surface area contributed by atoms with Crippen LogP contribution in [0.4, 0.5) is 22.7 Å². The molecule has 0 radical (unpaired) electrons. The van der Waals surface area contributed by atoms with E-state index in [0.717, 1.165) is 76.8 Å². The highest BCUT2D eigenvalue weighted by atomic mass is 32.1. The third-order valence-corrected chi connectivity index (χ3v) is 11.6. The lowest BCUT2D eigenvalue weighted by atomic mass is 10.0. The fraction of sp³-hybridized carbons (Fsp3) is 0.167. The molecule has 0 amide bonds. The molecule has 0 N–H and O–H groups in total. The van der Waals surface area contributed by atoms with Crippen LogP contribution in [0.1, 0.15) is 22.3 Å². The van der Waals surface area contributed by atoms with Gasteiger partial charge in [0.1, 0.15) is 44.8 Å². The Labute approximate surface area is 239 Å². The molecule has 14 heteroatoms. The Balaban J connectivity index is 1.32. The first kappa shape index (κ1) is 23.0. The monoisotopic (exact) mass is 606 g/mol. The van der Waals surface area contributed by atoms with E-state index in [1.54, 1.807) is 22.7 Å². The largest absolute Gasteiger partial charge is 0.173 e. The first-order valence-electron chi connectivity index (χ1n) is 11.5. The number of benzene rings is 2. The molecule has 0 atom stereocenters. The van der Waals surface area contributed by atoms with Crippen molar-refractivity contribution < 1.29 is 0 Å². The van der Waals surface area contributed by atoms with Crippen molar-refractivity contribution in [3.63, 3.8) is 0 Å². The fourth-order valence-corrected chi connectivity index (χ4v) is 10.1. The lowest BCUT2D eigenvalue weighted by Crippen LogP contribution is -1.84. The molecular weight excluding hydrogens is 593 g/mol. The number of aromatic nitrogens is 4. The van der Waals surface area contributed by atoms with Crippen LogP contribution in [0.5, 0.6) is 0 Å². The molecule has 8 rings (SSSR count). The molecule has 2 aliphatic heterocycles. The lowest BCUT2D eigenvalue weighted by Gasteiger charge is -2.07. The van der Waals surface area contributed by atoms with Gasteiger partial charge in [0.25, 0.3) is 0 Å². The molecule has 0 bridgehead atoms. The van der Waals surface area contributed by atoms with Gasteiger partial charge in [-0.1, -0.05) is 0 Å². The molecule has 4 aromatic heterocycles. The normalized spacial score (nSPS) is 13.5. The van der Waals surface area contributed by atoms with Gasteiger partial charge in [-0.05, 0) is 51.0 Å². The molecule has 0 spiro atoms. The molecule has 2 aliphatic rings. The highest BCUT2D eigenvalue weighted by molar-refractivity contribution is 7.58. The second-order valence-electron chi connectivity index (χ2n) is 9.09. The predicted molar refractivity (Wildman–Crippen MR) is 162 cm³/mol. The van der Waals surface area contributed by atoms with E-state index in [2.05, 4.69) is 60.9 Å². The Kier molecular flexibility index (Phi) is 5.04. The molecular formula is C24H14N8S6. The van der Waals surface area contributed by atoms with Gasteiger partial charge < -0.3 is 0 Å². The van der Waals surface area contributed by atoms with Crippen LogP contribution in [0.25, 0.3) is 52.7 Å². The third kappa shape index (κ3) is 3.09. The van der Waals surface area contributed by atoms with Crippen LogP contribution in [0.15, 0.2) is 29.6 Å². The highest BCUT2D eigenvalue weighted by Gasteiger charge is 2.27. The van der Waals surface area contributed by atoms with Crippen LogP contribution in [-0.2, 0) is 22.7 Å². The second kappa shape index (κ2) is 8.31. The van der Waals surface area contributed by atoms with E-state index in [1.807, 2.05) is 13.8 Å². The van der Waals surface area contributed by atoms with E-state index < -0.39 is 0 Å². The van der Waals surface area contributed by atoms with Gasteiger partial charge in [-0.25, -0.2) is 0 Å². The van der Waals surface area contributed by atoms with Crippen LogP contribution in [0.2, 0.25) is 0 Å². The van der Waals surface area contributed by atoms with E-state index in [-0.39, 0.29) is 0 Å². The zero-order chi connectivity index (χ0) is 25.7. The summed E-state index contributed by atoms with van der Waals surface area (Å²) in [4.78, 5) is 4.76. The zero-order valence-electron chi connectivity index (χ0n) is 20.2. The number of rotatable bonds is 3. The van der Waals surface area contributed by atoms with Crippen LogP contribution < -0.4 is 0 Å². The SMILES string of the molecule is Cc1cc(-c2c3c(c(C)c4nsnc24)N=S=N3)sc1-c1sc(-c2c3c(c(C)c4nsnc24)N=S=N3)cc1C. The van der Waals surface area contributed by atoms with E-state index in [4.69, 9.17) is 0 Å². The predicted octanol–water partition coefficient (Wildman–Crippen LogP) is 9.51. The summed E-state index contributed by atoms with van der Waals surface area (Å²) in [5.41, 5.74) is 13.8. The number of fused-ring (bicyclic) bond motifs is 4. The molecule has 186 valence electrons. The minimum Gasteiger partial charge on any atom is -0.173 e. The summed E-state index contributed by atoms with van der Waals surface area (Å²) in [6.45, 7) is 8.44. The molecule has 2 aromatic carbocycles. The number of thiophene rings is 2. The van der Waals surface area contributed by atoms with Crippen molar-refractivity contribution in [3.05, 3.63) is 34.4 Å². The Hall–Kier alpha value is -2.88. The van der Waals surface area contributed by atoms with Gasteiger partial charge in [-0.3, -0.25) is 0 Å². The van der Waals surface area contributed by atoms with Crippen LogP contribution in [0, 0.1) is 27.7 Å². The summed E-state index contributed by atoms with van der Waals surface area (Å²) in [5, 5.41) is 0. The molecule has 8 nitrogen and oxygen atoms in total. The minimum atomic E-state index is 0.903. The second-order valence-corrected chi connectivity index (χ2v) is 13.3. The minimum absolute atomic E-state index is 0.903. The Morgan fingerprint density at radius 1 is 0.500 bits per heavy atom. The van der Waals surface area contributed by atoms with E-state index in [1.165, 1.54) is 67.0 Å². The Morgan fingerprint density at radius 3 is 1.34 bits per heavy atom. The first-order valence-corrected chi connectivity index (χ1v) is 16.0. The van der Waals surface area contributed by atoms with Crippen molar-refractivity contribution in [2.75, 3.05) is 0 Å². The smallest absolute Gasteiger partial charge is 0.116 e. The van der Waals surface area contributed by atoms with Crippen molar-refractivity contribution in [1.29, 1.82) is 0 Å². The van der Waals surface area contributed by atoms with Crippen molar-refractivity contribution >= 4 is 114 Å². The summed E-state index contributed by atoms with van der Waals surface area (Å²) < 4.78 is 37.0. The maximum Gasteiger partial charge on any atom is 0.116 e. The standard InChI is InChI=1S/C24H14N8S6/c1-7-5-11(13-19-15(25-35-29-19)9(3)16-20(13)30-36-26-16)33-23(7)24-8(2)6-12(34-24)14-21-17(27-37-31-21)10(4)18-22(14)32-38-28-18/h5-6H,1-4H3. The summed E-state index contributed by atoms with van der Waals surface area (Å²) in [6, 6.07) is 4.50. The van der Waals surface area contributed by atoms with Crippen molar-refractivity contribution in [2.45, 2.75) is 27.7 Å². The number of hydrogen-bond donors (Lipinski definition) is 0. The molecule has 0 fully saturated rings. The first-order chi connectivity index (χ1) is 18.5. The number of aryl methyl sites for hydroxylation is 4. The topological polar surface area (TPSA) is 101 Å². The molecule has 0 unspecified atom stereocenters. The van der Waals surface area contributed by atoms with Gasteiger partial charge in [0.2, 0.25) is 0 Å². The van der Waals surface area contributed by atoms with E-state index >= 15 is 0 Å². The quantitative estimate of drug-likeness (QED) is 0.200. The molecule has 38 heavy (non-hydrogen) atoms. The molecule has 0 saturated carbocycles. The van der Waals surface area contributed by atoms with Crippen molar-refractivity contribution in [1.82, 2.24) is 17.5 Å². The van der Waals surface area contributed by atoms with Gasteiger partial charge in [0, 0.05) is 41.8 Å². The summed E-state index contributed by atoms with van der Waals surface area (Å²) >= 11 is 8.51. The Morgan fingerprint density at radius 2 is 0.895 bits per heavy atom. The average molecular weight is 607 g/mol. The van der Waals surface area contributed by atoms with Crippen LogP contribution in [0.3, 0.4) is 0 Å². The third-order valence-electron chi connectivity index (χ3n) is 6.86. The fourth-order valence-electron chi connectivity index (χ4n) is 4.97. The number of nitrogens with zero attached hydrogens (tertiary/aromatic N) is 8. The average Bonchev–Trinajstić information content (AvgIpc) is 3.72. The van der Waals surface area contributed by atoms with Crippen molar-refractivity contribution in [2.24, 2.45) is 17.5 Å². The molecule has 6 heterocycles. The number of hydrogen-bond acceptors (Lipinski definition) is 12. The summed E-state index contributed by atoms with van der Waals surface area (Å²) in [5.74, 6) is 0. The molecule has 6 aromatic rings. The summed E-state index contributed by atoms with van der Waals surface area (Å²) in [7, 11) is 0. The van der Waals surface area contributed by atoms with Crippen LogP contribution >= 0.6 is 46.1 Å². The Bertz CT molecular complexity index is 2010. The van der Waals surface area contributed by atoms with Crippen molar-refractivity contribution in [3.8, 4) is 30.6 Å². The van der Waals surface area contributed by atoms with Crippen LogP contribution in [-0.4, -0.2) is 17.5 Å². The van der Waals surface area contributed by atoms with Gasteiger partial charge in [-0.2, -0.15) is 34.9 Å². The maximum absolute atomic E-state index is 4.67.